The molecule has 0 aromatic heterocycles. The van der Waals surface area contributed by atoms with Crippen LogP contribution in [0.3, 0.4) is 0 Å². The summed E-state index contributed by atoms with van der Waals surface area (Å²) in [5, 5.41) is 2.81. The van der Waals surface area contributed by atoms with Crippen LogP contribution in [0.1, 0.15) is 20.3 Å². The van der Waals surface area contributed by atoms with Crippen LogP contribution in [-0.2, 0) is 4.79 Å². The van der Waals surface area contributed by atoms with Gasteiger partial charge in [-0.25, -0.2) is 0 Å². The Morgan fingerprint density at radius 2 is 2.00 bits per heavy atom. The Morgan fingerprint density at radius 3 is 2.58 bits per heavy atom. The van der Waals surface area contributed by atoms with Gasteiger partial charge >= 0.3 is 0 Å². The number of anilines is 1. The molecule has 1 aliphatic heterocycles. The summed E-state index contributed by atoms with van der Waals surface area (Å²) in [6, 6.07) is 3.52. The number of nitrogens with one attached hydrogen (secondary N) is 1. The molecule has 0 bridgehead atoms. The minimum Gasteiger partial charge on any atom is -0.486 e. The van der Waals surface area contributed by atoms with Gasteiger partial charge < -0.3 is 20.5 Å². The number of fused-ring (bicyclic) bond motifs is 1. The Balaban J connectivity index is 2.24. The van der Waals surface area contributed by atoms with Crippen LogP contribution < -0.4 is 20.5 Å². The summed E-state index contributed by atoms with van der Waals surface area (Å²) in [5.41, 5.74) is 5.64. The Bertz CT molecular complexity index is 503. The number of carbonyl (C=O) groups is 1. The van der Waals surface area contributed by atoms with E-state index in [0.29, 0.717) is 36.8 Å². The SMILES string of the molecule is CCC(C)(N)C(=O)Nc1cc2c(cc1Br)OCCO2. The molecule has 1 amide bonds. The predicted octanol–water partition coefficient (Wildman–Crippen LogP) is 2.29. The van der Waals surface area contributed by atoms with E-state index in [4.69, 9.17) is 15.2 Å². The molecular formula is C13H17BrN2O3. The molecule has 1 unspecified atom stereocenters. The van der Waals surface area contributed by atoms with Gasteiger partial charge in [-0.15, -0.1) is 0 Å². The van der Waals surface area contributed by atoms with Crippen molar-refractivity contribution in [1.82, 2.24) is 0 Å². The van der Waals surface area contributed by atoms with Gasteiger partial charge in [0.05, 0.1) is 11.2 Å². The Morgan fingerprint density at radius 1 is 1.42 bits per heavy atom. The first-order chi connectivity index (χ1) is 8.94. The van der Waals surface area contributed by atoms with Crippen molar-refractivity contribution >= 4 is 27.5 Å². The molecule has 0 spiro atoms. The molecule has 1 aliphatic rings. The molecule has 0 saturated heterocycles. The van der Waals surface area contributed by atoms with E-state index in [-0.39, 0.29) is 5.91 Å². The van der Waals surface area contributed by atoms with Gasteiger partial charge in [0.1, 0.15) is 13.2 Å². The van der Waals surface area contributed by atoms with Gasteiger partial charge in [0, 0.05) is 16.6 Å². The van der Waals surface area contributed by atoms with E-state index in [2.05, 4.69) is 21.2 Å². The van der Waals surface area contributed by atoms with Gasteiger partial charge in [-0.2, -0.15) is 0 Å². The molecule has 1 aromatic carbocycles. The topological polar surface area (TPSA) is 73.6 Å². The van der Waals surface area contributed by atoms with E-state index in [1.807, 2.05) is 6.92 Å². The fourth-order valence-corrected chi connectivity index (χ4v) is 2.01. The highest BCUT2D eigenvalue weighted by Crippen LogP contribution is 2.38. The molecule has 1 aromatic rings. The van der Waals surface area contributed by atoms with E-state index in [1.165, 1.54) is 0 Å². The van der Waals surface area contributed by atoms with E-state index < -0.39 is 5.54 Å². The highest BCUT2D eigenvalue weighted by Gasteiger charge is 2.27. The van der Waals surface area contributed by atoms with Crippen LogP contribution in [0.4, 0.5) is 5.69 Å². The van der Waals surface area contributed by atoms with Crippen molar-refractivity contribution in [3.63, 3.8) is 0 Å². The van der Waals surface area contributed by atoms with Gasteiger partial charge in [-0.3, -0.25) is 4.79 Å². The highest BCUT2D eigenvalue weighted by atomic mass is 79.9. The number of halogens is 1. The van der Waals surface area contributed by atoms with E-state index >= 15 is 0 Å². The molecule has 3 N–H and O–H groups in total. The van der Waals surface area contributed by atoms with E-state index in [9.17, 15) is 4.79 Å². The molecule has 2 rings (SSSR count). The lowest BCUT2D eigenvalue weighted by molar-refractivity contribution is -0.120. The third kappa shape index (κ3) is 3.01. The minimum absolute atomic E-state index is 0.229. The van der Waals surface area contributed by atoms with Gasteiger partial charge in [-0.1, -0.05) is 6.92 Å². The van der Waals surface area contributed by atoms with Gasteiger partial charge in [0.2, 0.25) is 5.91 Å². The Labute approximate surface area is 120 Å². The third-order valence-corrected chi connectivity index (χ3v) is 3.79. The number of ether oxygens (including phenoxy) is 2. The minimum atomic E-state index is -0.896. The van der Waals surface area contributed by atoms with Crippen molar-refractivity contribution in [1.29, 1.82) is 0 Å². The number of benzene rings is 1. The zero-order valence-corrected chi connectivity index (χ0v) is 12.5. The lowest BCUT2D eigenvalue weighted by Crippen LogP contribution is -2.47. The molecule has 1 atom stereocenters. The smallest absolute Gasteiger partial charge is 0.244 e. The summed E-state index contributed by atoms with van der Waals surface area (Å²) in [6.07, 6.45) is 0.557. The predicted molar refractivity (Wildman–Crippen MR) is 76.6 cm³/mol. The van der Waals surface area contributed by atoms with Crippen LogP contribution in [-0.4, -0.2) is 24.7 Å². The molecule has 0 aliphatic carbocycles. The first-order valence-electron chi connectivity index (χ1n) is 6.13. The second kappa shape index (κ2) is 5.38. The molecule has 0 fully saturated rings. The zero-order chi connectivity index (χ0) is 14.0. The maximum Gasteiger partial charge on any atom is 0.244 e. The molecule has 0 saturated carbocycles. The molecule has 6 heteroatoms. The van der Waals surface area contributed by atoms with Crippen molar-refractivity contribution in [2.75, 3.05) is 18.5 Å². The summed E-state index contributed by atoms with van der Waals surface area (Å²) >= 11 is 3.40. The van der Waals surface area contributed by atoms with Crippen LogP contribution in [0.5, 0.6) is 11.5 Å². The number of rotatable bonds is 3. The van der Waals surface area contributed by atoms with Gasteiger partial charge in [0.25, 0.3) is 0 Å². The monoisotopic (exact) mass is 328 g/mol. The summed E-state index contributed by atoms with van der Waals surface area (Å²) in [5.74, 6) is 1.06. The quantitative estimate of drug-likeness (QED) is 0.892. The third-order valence-electron chi connectivity index (χ3n) is 3.13. The standard InChI is InChI=1S/C13H17BrN2O3/c1-3-13(2,15)12(17)16-9-7-11-10(6-8(9)14)18-4-5-19-11/h6-7H,3-5,15H2,1-2H3,(H,16,17). The normalized spacial score (nSPS) is 16.6. The number of nitrogens with two attached hydrogens (primary N) is 1. The van der Waals surface area contributed by atoms with Crippen LogP contribution >= 0.6 is 15.9 Å². The van der Waals surface area contributed by atoms with Gasteiger partial charge in [0.15, 0.2) is 11.5 Å². The molecule has 1 heterocycles. The first kappa shape index (κ1) is 14.1. The number of hydrogen-bond acceptors (Lipinski definition) is 4. The average molecular weight is 329 g/mol. The van der Waals surface area contributed by atoms with E-state index in [1.54, 1.807) is 19.1 Å². The average Bonchev–Trinajstić information content (AvgIpc) is 2.39. The summed E-state index contributed by atoms with van der Waals surface area (Å²) in [4.78, 5) is 12.1. The van der Waals surface area contributed by atoms with Gasteiger partial charge in [-0.05, 0) is 29.3 Å². The van der Waals surface area contributed by atoms with Crippen LogP contribution in [0, 0.1) is 0 Å². The van der Waals surface area contributed by atoms with Crippen LogP contribution in [0.2, 0.25) is 0 Å². The fourth-order valence-electron chi connectivity index (χ4n) is 1.59. The Kier molecular flexibility index (Phi) is 4.01. The molecular weight excluding hydrogens is 312 g/mol. The van der Waals surface area contributed by atoms with Crippen LogP contribution in [0.15, 0.2) is 16.6 Å². The van der Waals surface area contributed by atoms with E-state index in [0.717, 1.165) is 4.47 Å². The largest absolute Gasteiger partial charge is 0.486 e. The number of amides is 1. The summed E-state index contributed by atoms with van der Waals surface area (Å²) in [6.45, 7) is 4.61. The summed E-state index contributed by atoms with van der Waals surface area (Å²) < 4.78 is 11.7. The van der Waals surface area contributed by atoms with Crippen molar-refractivity contribution in [3.05, 3.63) is 16.6 Å². The van der Waals surface area contributed by atoms with Crippen molar-refractivity contribution < 1.29 is 14.3 Å². The highest BCUT2D eigenvalue weighted by molar-refractivity contribution is 9.10. The fraction of sp³-hybridized carbons (Fsp3) is 0.462. The number of hydrogen-bond donors (Lipinski definition) is 2. The molecule has 5 nitrogen and oxygen atoms in total. The maximum absolute atomic E-state index is 12.1. The second-order valence-corrected chi connectivity index (χ2v) is 5.56. The van der Waals surface area contributed by atoms with Crippen molar-refractivity contribution in [2.24, 2.45) is 5.73 Å². The molecule has 19 heavy (non-hydrogen) atoms. The second-order valence-electron chi connectivity index (χ2n) is 4.70. The summed E-state index contributed by atoms with van der Waals surface area (Å²) in [7, 11) is 0. The lowest BCUT2D eigenvalue weighted by Gasteiger charge is -2.23. The van der Waals surface area contributed by atoms with Crippen LogP contribution in [0.25, 0.3) is 0 Å². The van der Waals surface area contributed by atoms with Crippen molar-refractivity contribution in [2.45, 2.75) is 25.8 Å². The lowest BCUT2D eigenvalue weighted by atomic mass is 9.99. The number of carbonyl (C=O) groups excluding carboxylic acids is 1. The Hall–Kier alpha value is -1.27. The maximum atomic E-state index is 12.1. The first-order valence-corrected chi connectivity index (χ1v) is 6.93. The zero-order valence-electron chi connectivity index (χ0n) is 11.0. The molecule has 0 radical (unpaired) electrons. The molecule has 104 valence electrons. The van der Waals surface area contributed by atoms with Crippen molar-refractivity contribution in [3.8, 4) is 11.5 Å².